The summed E-state index contributed by atoms with van der Waals surface area (Å²) in [6.07, 6.45) is 3.12. The second kappa shape index (κ2) is 4.92. The first-order chi connectivity index (χ1) is 7.81. The zero-order valence-corrected chi connectivity index (χ0v) is 9.13. The highest BCUT2D eigenvalue weighted by Gasteiger charge is 2.29. The smallest absolute Gasteiger partial charge is 0.210 e. The Labute approximate surface area is 95.1 Å². The molecule has 3 nitrogen and oxygen atoms in total. The van der Waals surface area contributed by atoms with Gasteiger partial charge in [0.2, 0.25) is 6.41 Å². The molecule has 0 bridgehead atoms. The van der Waals surface area contributed by atoms with Crippen LogP contribution in [0, 0.1) is 0 Å². The van der Waals surface area contributed by atoms with Crippen molar-refractivity contribution in [3.63, 3.8) is 0 Å². The van der Waals surface area contributed by atoms with Crippen molar-refractivity contribution in [1.82, 2.24) is 4.90 Å². The maximum absolute atomic E-state index is 11.6. The molecular formula is C13H15NO2. The van der Waals surface area contributed by atoms with Gasteiger partial charge in [-0.05, 0) is 18.4 Å². The predicted molar refractivity (Wildman–Crippen MR) is 60.7 cm³/mol. The third-order valence-corrected chi connectivity index (χ3v) is 3.02. The first-order valence-corrected chi connectivity index (χ1v) is 5.59. The summed E-state index contributed by atoms with van der Waals surface area (Å²) in [5.74, 6) is 0.197. The lowest BCUT2D eigenvalue weighted by Crippen LogP contribution is -2.36. The minimum Gasteiger partial charge on any atom is -0.331 e. The number of ketones is 1. The normalized spacial score (nSPS) is 19.8. The molecule has 1 aromatic carbocycles. The predicted octanol–water partition coefficient (Wildman–Crippen LogP) is 1.77. The van der Waals surface area contributed by atoms with E-state index in [1.807, 2.05) is 30.3 Å². The average molecular weight is 217 g/mol. The summed E-state index contributed by atoms with van der Waals surface area (Å²) in [5.41, 5.74) is 1.06. The Morgan fingerprint density at radius 2 is 2.06 bits per heavy atom. The molecule has 84 valence electrons. The van der Waals surface area contributed by atoms with Gasteiger partial charge in [-0.3, -0.25) is 9.59 Å². The Morgan fingerprint density at radius 3 is 2.62 bits per heavy atom. The summed E-state index contributed by atoms with van der Waals surface area (Å²) in [5, 5.41) is 0. The third-order valence-electron chi connectivity index (χ3n) is 3.02. The number of amides is 1. The summed E-state index contributed by atoms with van der Waals surface area (Å²) in [7, 11) is 0. The van der Waals surface area contributed by atoms with Crippen molar-refractivity contribution in [3.05, 3.63) is 35.9 Å². The van der Waals surface area contributed by atoms with E-state index in [1.165, 1.54) is 0 Å². The van der Waals surface area contributed by atoms with Crippen LogP contribution in [0.25, 0.3) is 0 Å². The molecule has 0 heterocycles. The van der Waals surface area contributed by atoms with Gasteiger partial charge in [-0.1, -0.05) is 30.3 Å². The SMILES string of the molecule is O=CN(Cc1ccccc1)C1CCCC1=O. The van der Waals surface area contributed by atoms with Crippen molar-refractivity contribution < 1.29 is 9.59 Å². The van der Waals surface area contributed by atoms with Gasteiger partial charge in [-0.15, -0.1) is 0 Å². The summed E-state index contributed by atoms with van der Waals surface area (Å²) < 4.78 is 0. The van der Waals surface area contributed by atoms with E-state index in [2.05, 4.69) is 0 Å². The lowest BCUT2D eigenvalue weighted by atomic mass is 10.1. The molecule has 1 aromatic rings. The third kappa shape index (κ3) is 2.30. The van der Waals surface area contributed by atoms with E-state index >= 15 is 0 Å². The molecule has 0 N–H and O–H groups in total. The van der Waals surface area contributed by atoms with Crippen LogP contribution >= 0.6 is 0 Å². The molecule has 0 spiro atoms. The lowest BCUT2D eigenvalue weighted by Gasteiger charge is -2.23. The zero-order chi connectivity index (χ0) is 11.4. The highest BCUT2D eigenvalue weighted by molar-refractivity contribution is 5.87. The number of nitrogens with zero attached hydrogens (tertiary/aromatic N) is 1. The van der Waals surface area contributed by atoms with Gasteiger partial charge in [0, 0.05) is 13.0 Å². The Morgan fingerprint density at radius 1 is 1.31 bits per heavy atom. The fraction of sp³-hybridized carbons (Fsp3) is 0.385. The van der Waals surface area contributed by atoms with Crippen LogP contribution in [0.3, 0.4) is 0 Å². The van der Waals surface area contributed by atoms with Crippen molar-refractivity contribution >= 4 is 12.2 Å². The Kier molecular flexibility index (Phi) is 3.34. The Hall–Kier alpha value is -1.64. The van der Waals surface area contributed by atoms with Crippen LogP contribution < -0.4 is 0 Å². The molecular weight excluding hydrogens is 202 g/mol. The first kappa shape index (κ1) is 10.9. The molecule has 0 aromatic heterocycles. The van der Waals surface area contributed by atoms with E-state index in [4.69, 9.17) is 0 Å². The highest BCUT2D eigenvalue weighted by Crippen LogP contribution is 2.20. The van der Waals surface area contributed by atoms with Crippen LogP contribution in [0.5, 0.6) is 0 Å². The molecule has 1 aliphatic rings. The van der Waals surface area contributed by atoms with E-state index in [0.29, 0.717) is 13.0 Å². The number of carbonyl (C=O) groups is 2. The molecule has 1 saturated carbocycles. The summed E-state index contributed by atoms with van der Waals surface area (Å²) in [4.78, 5) is 24.2. The van der Waals surface area contributed by atoms with Gasteiger partial charge in [-0.25, -0.2) is 0 Å². The molecule has 1 amide bonds. The number of hydrogen-bond donors (Lipinski definition) is 0. The van der Waals surface area contributed by atoms with Gasteiger partial charge in [0.15, 0.2) is 5.78 Å². The van der Waals surface area contributed by atoms with E-state index < -0.39 is 0 Å². The van der Waals surface area contributed by atoms with Crippen molar-refractivity contribution in [3.8, 4) is 0 Å². The summed E-state index contributed by atoms with van der Waals surface area (Å²) >= 11 is 0. The maximum atomic E-state index is 11.6. The first-order valence-electron chi connectivity index (χ1n) is 5.59. The quantitative estimate of drug-likeness (QED) is 0.721. The topological polar surface area (TPSA) is 37.4 Å². The summed E-state index contributed by atoms with van der Waals surface area (Å²) in [6.45, 7) is 0.529. The van der Waals surface area contributed by atoms with Gasteiger partial charge in [0.05, 0.1) is 6.04 Å². The Balaban J connectivity index is 2.06. The van der Waals surface area contributed by atoms with Crippen LogP contribution in [0.1, 0.15) is 24.8 Å². The van der Waals surface area contributed by atoms with Gasteiger partial charge in [-0.2, -0.15) is 0 Å². The molecule has 0 aliphatic heterocycles. The Bertz CT molecular complexity index is 375. The second-order valence-electron chi connectivity index (χ2n) is 4.14. The van der Waals surface area contributed by atoms with Crippen LogP contribution in [0.2, 0.25) is 0 Å². The number of carbonyl (C=O) groups excluding carboxylic acids is 2. The van der Waals surface area contributed by atoms with E-state index in [0.717, 1.165) is 24.8 Å². The number of benzene rings is 1. The van der Waals surface area contributed by atoms with Crippen molar-refractivity contribution in [2.24, 2.45) is 0 Å². The standard InChI is InChI=1S/C13H15NO2/c15-10-14(12-7-4-8-13(12)16)9-11-5-2-1-3-6-11/h1-3,5-6,10,12H,4,7-9H2. The molecule has 0 saturated heterocycles. The monoisotopic (exact) mass is 217 g/mol. The fourth-order valence-corrected chi connectivity index (χ4v) is 2.16. The van der Waals surface area contributed by atoms with Crippen molar-refractivity contribution in [2.75, 3.05) is 0 Å². The van der Waals surface area contributed by atoms with Crippen LogP contribution in [-0.2, 0) is 16.1 Å². The minimum absolute atomic E-state index is 0.197. The maximum Gasteiger partial charge on any atom is 0.210 e. The minimum atomic E-state index is -0.197. The molecule has 1 atom stereocenters. The molecule has 0 radical (unpaired) electrons. The van der Waals surface area contributed by atoms with Gasteiger partial charge in [0.25, 0.3) is 0 Å². The van der Waals surface area contributed by atoms with E-state index in [1.54, 1.807) is 4.90 Å². The van der Waals surface area contributed by atoms with Crippen LogP contribution in [0.4, 0.5) is 0 Å². The van der Waals surface area contributed by atoms with Crippen LogP contribution in [-0.4, -0.2) is 23.1 Å². The number of Topliss-reactive ketones (excluding diaryl/α,β-unsaturated/α-hetero) is 1. The van der Waals surface area contributed by atoms with Crippen molar-refractivity contribution in [1.29, 1.82) is 0 Å². The number of rotatable bonds is 4. The number of hydrogen-bond acceptors (Lipinski definition) is 2. The van der Waals surface area contributed by atoms with Crippen molar-refractivity contribution in [2.45, 2.75) is 31.8 Å². The van der Waals surface area contributed by atoms with Gasteiger partial charge in [0.1, 0.15) is 0 Å². The average Bonchev–Trinajstić information content (AvgIpc) is 2.74. The van der Waals surface area contributed by atoms with E-state index in [9.17, 15) is 9.59 Å². The molecule has 3 heteroatoms. The van der Waals surface area contributed by atoms with E-state index in [-0.39, 0.29) is 11.8 Å². The largest absolute Gasteiger partial charge is 0.331 e. The molecule has 1 fully saturated rings. The zero-order valence-electron chi connectivity index (χ0n) is 9.13. The molecule has 16 heavy (non-hydrogen) atoms. The lowest BCUT2D eigenvalue weighted by molar-refractivity contribution is -0.130. The molecule has 2 rings (SSSR count). The summed E-state index contributed by atoms with van der Waals surface area (Å²) in [6, 6.07) is 9.56. The fourth-order valence-electron chi connectivity index (χ4n) is 2.16. The van der Waals surface area contributed by atoms with Gasteiger partial charge >= 0.3 is 0 Å². The molecule has 1 unspecified atom stereocenters. The van der Waals surface area contributed by atoms with Crippen LogP contribution in [0.15, 0.2) is 30.3 Å². The molecule has 1 aliphatic carbocycles. The highest BCUT2D eigenvalue weighted by atomic mass is 16.1. The van der Waals surface area contributed by atoms with Gasteiger partial charge < -0.3 is 4.90 Å². The second-order valence-corrected chi connectivity index (χ2v) is 4.14.